The average Bonchev–Trinajstić information content (AvgIpc) is 2.34. The van der Waals surface area contributed by atoms with Crippen molar-refractivity contribution < 1.29 is 13.2 Å². The smallest absolute Gasteiger partial charge is 0.266 e. The lowest BCUT2D eigenvalue weighted by atomic mass is 10.9. The van der Waals surface area contributed by atoms with Gasteiger partial charge in [0.1, 0.15) is 6.20 Å². The number of carbonyl (C=O) groups is 1. The topological polar surface area (TPSA) is 114 Å². The highest BCUT2D eigenvalue weighted by molar-refractivity contribution is 7.62. The Bertz CT molecular complexity index is 470. The number of aromatic amines is 1. The Morgan fingerprint density at radius 3 is 2.75 bits per heavy atom. The van der Waals surface area contributed by atoms with Gasteiger partial charge in [0.25, 0.3) is 5.56 Å². The predicted molar refractivity (Wildman–Crippen MR) is 35.0 cm³/mol. The van der Waals surface area contributed by atoms with Crippen molar-refractivity contribution in [3.8, 4) is 0 Å². The zero-order chi connectivity index (χ0) is 9.14. The minimum atomic E-state index is -2.84. The van der Waals surface area contributed by atoms with Gasteiger partial charge >= 0.3 is 16.5 Å². The standard InChI is InChI=1S/C3H2N4O4S/c8-2-1-4-7(5-2)3(9)6-12(10)11/h1H,(H,5,8). The van der Waals surface area contributed by atoms with Gasteiger partial charge in [-0.1, -0.05) is 4.36 Å². The number of nitrogens with one attached hydrogen (secondary N) is 1. The molecule has 1 N–H and O–H groups in total. The SMILES string of the molecule is O=C(N=S(=O)=O)n1ncc(=O)[nH]1. The quantitative estimate of drug-likeness (QED) is 0.540. The van der Waals surface area contributed by atoms with E-state index in [1.54, 1.807) is 0 Å². The van der Waals surface area contributed by atoms with Gasteiger partial charge in [0.05, 0.1) is 0 Å². The molecule has 1 heterocycles. The fourth-order valence-corrected chi connectivity index (χ4v) is 0.677. The Morgan fingerprint density at radius 1 is 1.67 bits per heavy atom. The van der Waals surface area contributed by atoms with Crippen molar-refractivity contribution in [2.45, 2.75) is 0 Å². The van der Waals surface area contributed by atoms with Crippen molar-refractivity contribution in [3.05, 3.63) is 16.6 Å². The van der Waals surface area contributed by atoms with Gasteiger partial charge in [-0.2, -0.15) is 8.42 Å². The zero-order valence-electron chi connectivity index (χ0n) is 5.46. The molecule has 0 aliphatic carbocycles. The van der Waals surface area contributed by atoms with E-state index in [0.29, 0.717) is 4.80 Å². The molecule has 0 unspecified atom stereocenters. The van der Waals surface area contributed by atoms with Crippen LogP contribution in [0.25, 0.3) is 0 Å². The van der Waals surface area contributed by atoms with Crippen molar-refractivity contribution >= 4 is 16.5 Å². The Labute approximate surface area is 66.5 Å². The largest absolute Gasteiger partial charge is 0.398 e. The van der Waals surface area contributed by atoms with Crippen molar-refractivity contribution in [2.24, 2.45) is 4.36 Å². The van der Waals surface area contributed by atoms with E-state index in [1.165, 1.54) is 0 Å². The van der Waals surface area contributed by atoms with Gasteiger partial charge in [-0.15, -0.1) is 9.90 Å². The molecule has 1 rings (SSSR count). The molecule has 0 aliphatic heterocycles. The van der Waals surface area contributed by atoms with Crippen molar-refractivity contribution in [1.82, 2.24) is 15.0 Å². The molecule has 0 aliphatic rings. The maximum absolute atomic E-state index is 10.6. The molecule has 0 fully saturated rings. The molecule has 1 amide bonds. The average molecular weight is 190 g/mol. The van der Waals surface area contributed by atoms with Crippen molar-refractivity contribution in [1.29, 1.82) is 0 Å². The highest BCUT2D eigenvalue weighted by atomic mass is 32.2. The van der Waals surface area contributed by atoms with Crippen LogP contribution < -0.4 is 5.56 Å². The number of hydrogen-bond acceptors (Lipinski definition) is 5. The molecular formula is C3H2N4O4S. The molecule has 0 aromatic carbocycles. The first kappa shape index (κ1) is 8.33. The Morgan fingerprint density at radius 2 is 2.33 bits per heavy atom. The highest BCUT2D eigenvalue weighted by Crippen LogP contribution is 1.78. The van der Waals surface area contributed by atoms with Crippen LogP contribution in [-0.2, 0) is 10.5 Å². The summed E-state index contributed by atoms with van der Waals surface area (Å²) >= 11 is 0. The van der Waals surface area contributed by atoms with Crippen LogP contribution in [0.1, 0.15) is 0 Å². The van der Waals surface area contributed by atoms with Gasteiger partial charge < -0.3 is 0 Å². The fourth-order valence-electron chi connectivity index (χ4n) is 0.472. The number of aromatic nitrogens is 3. The van der Waals surface area contributed by atoms with E-state index in [-0.39, 0.29) is 0 Å². The van der Waals surface area contributed by atoms with E-state index in [4.69, 9.17) is 0 Å². The number of rotatable bonds is 0. The lowest BCUT2D eigenvalue weighted by Gasteiger charge is -1.85. The summed E-state index contributed by atoms with van der Waals surface area (Å²) in [6, 6.07) is -1.18. The molecule has 1 aromatic rings. The molecule has 0 spiro atoms. The van der Waals surface area contributed by atoms with Crippen LogP contribution in [0.2, 0.25) is 0 Å². The number of nitrogens with zero attached hydrogens (tertiary/aromatic N) is 3. The summed E-state index contributed by atoms with van der Waals surface area (Å²) in [5.74, 6) is 0. The van der Waals surface area contributed by atoms with Crippen molar-refractivity contribution in [2.75, 3.05) is 0 Å². The maximum Gasteiger partial charge on any atom is 0.398 e. The van der Waals surface area contributed by atoms with E-state index in [9.17, 15) is 18.0 Å². The molecule has 0 bridgehead atoms. The minimum Gasteiger partial charge on any atom is -0.266 e. The normalized spacial score (nSPS) is 9.33. The Hall–Kier alpha value is -1.77. The number of hydrogen-bond donors (Lipinski definition) is 1. The Balaban J connectivity index is 3.09. The van der Waals surface area contributed by atoms with Gasteiger partial charge in [0.2, 0.25) is 0 Å². The van der Waals surface area contributed by atoms with Crippen LogP contribution in [0.5, 0.6) is 0 Å². The predicted octanol–water partition coefficient (Wildman–Crippen LogP) is -1.40. The lowest BCUT2D eigenvalue weighted by Crippen LogP contribution is -2.12. The first-order chi connectivity index (χ1) is 5.59. The van der Waals surface area contributed by atoms with E-state index in [0.717, 1.165) is 6.20 Å². The Kier molecular flexibility index (Phi) is 2.14. The second kappa shape index (κ2) is 3.09. The maximum atomic E-state index is 10.6. The van der Waals surface area contributed by atoms with Crippen LogP contribution in [0, 0.1) is 0 Å². The number of H-pyrrole nitrogens is 1. The molecule has 9 heteroatoms. The van der Waals surface area contributed by atoms with Gasteiger partial charge in [-0.25, -0.2) is 9.89 Å². The van der Waals surface area contributed by atoms with Gasteiger partial charge in [0.15, 0.2) is 0 Å². The summed E-state index contributed by atoms with van der Waals surface area (Å²) in [5, 5.41) is 5.12. The summed E-state index contributed by atoms with van der Waals surface area (Å²) < 4.78 is 22.3. The summed E-state index contributed by atoms with van der Waals surface area (Å²) in [6.45, 7) is 0. The molecular weight excluding hydrogens is 188 g/mol. The summed E-state index contributed by atoms with van der Waals surface area (Å²) in [6.07, 6.45) is 0.821. The van der Waals surface area contributed by atoms with E-state index in [2.05, 4.69) is 9.46 Å². The summed E-state index contributed by atoms with van der Waals surface area (Å²) in [5.41, 5.74) is -0.616. The second-order valence-electron chi connectivity index (χ2n) is 1.62. The van der Waals surface area contributed by atoms with Crippen LogP contribution in [0.3, 0.4) is 0 Å². The third kappa shape index (κ3) is 1.85. The fraction of sp³-hybridized carbons (Fsp3) is 0. The lowest BCUT2D eigenvalue weighted by molar-refractivity contribution is 0.245. The van der Waals surface area contributed by atoms with E-state index in [1.807, 2.05) is 5.10 Å². The molecule has 0 saturated heterocycles. The second-order valence-corrected chi connectivity index (χ2v) is 2.24. The van der Waals surface area contributed by atoms with Crippen LogP contribution >= 0.6 is 0 Å². The van der Waals surface area contributed by atoms with Gasteiger partial charge in [0, 0.05) is 0 Å². The van der Waals surface area contributed by atoms with Crippen molar-refractivity contribution in [3.63, 3.8) is 0 Å². The molecule has 1 aromatic heterocycles. The molecule has 0 radical (unpaired) electrons. The van der Waals surface area contributed by atoms with Gasteiger partial charge in [-0.3, -0.25) is 4.79 Å². The summed E-state index contributed by atoms with van der Waals surface area (Å²) in [7, 11) is -2.84. The highest BCUT2D eigenvalue weighted by Gasteiger charge is 2.03. The molecule has 12 heavy (non-hydrogen) atoms. The monoisotopic (exact) mass is 190 g/mol. The third-order valence-electron chi connectivity index (χ3n) is 0.840. The van der Waals surface area contributed by atoms with E-state index < -0.39 is 22.1 Å². The molecule has 0 atom stereocenters. The zero-order valence-corrected chi connectivity index (χ0v) is 6.28. The number of amides is 1. The summed E-state index contributed by atoms with van der Waals surface area (Å²) in [4.78, 5) is 21.4. The first-order valence-electron chi connectivity index (χ1n) is 2.59. The van der Waals surface area contributed by atoms with E-state index >= 15 is 0 Å². The third-order valence-corrected chi connectivity index (χ3v) is 1.15. The van der Waals surface area contributed by atoms with Crippen LogP contribution in [0.4, 0.5) is 4.79 Å². The van der Waals surface area contributed by atoms with Crippen LogP contribution in [0.15, 0.2) is 15.4 Å². The minimum absolute atomic E-state index is 0.415. The molecule has 64 valence electrons. The van der Waals surface area contributed by atoms with Gasteiger partial charge in [-0.05, 0) is 0 Å². The molecule has 8 nitrogen and oxygen atoms in total. The first-order valence-corrected chi connectivity index (χ1v) is 3.62. The molecule has 0 saturated carbocycles. The number of carbonyl (C=O) groups excluding carboxylic acids is 1. The van der Waals surface area contributed by atoms with Crippen LogP contribution in [-0.4, -0.2) is 29.4 Å².